The minimum atomic E-state index is -0.929. The van der Waals surface area contributed by atoms with Crippen LogP contribution in [-0.4, -0.2) is 41.6 Å². The smallest absolute Gasteiger partial charge is 0.335 e. The van der Waals surface area contributed by atoms with Crippen LogP contribution in [0.3, 0.4) is 0 Å². The molecule has 0 saturated carbocycles. The normalized spacial score (nSPS) is 10.5. The van der Waals surface area contributed by atoms with E-state index in [-0.39, 0.29) is 17.6 Å². The number of amides is 2. The number of nitrogens with zero attached hydrogens (tertiary/aromatic N) is 1. The summed E-state index contributed by atoms with van der Waals surface area (Å²) in [7, 11) is 1.81. The summed E-state index contributed by atoms with van der Waals surface area (Å²) in [6.07, 6.45) is 2.57. The van der Waals surface area contributed by atoms with Crippen molar-refractivity contribution in [3.8, 4) is 0 Å². The molecule has 5 heteroatoms. The summed E-state index contributed by atoms with van der Waals surface area (Å²) >= 11 is 0. The number of carboxylic acids is 1. The Morgan fingerprint density at radius 1 is 1.19 bits per heavy atom. The lowest BCUT2D eigenvalue weighted by Crippen LogP contribution is -2.43. The van der Waals surface area contributed by atoms with Gasteiger partial charge in [-0.1, -0.05) is 26.0 Å². The molecule has 0 aliphatic carbocycles. The molecule has 1 aromatic rings. The fourth-order valence-electron chi connectivity index (χ4n) is 2.25. The molecule has 0 atom stereocenters. The Kier molecular flexibility index (Phi) is 6.72. The number of benzene rings is 1. The molecule has 0 saturated heterocycles. The first kappa shape index (κ1) is 17.0. The van der Waals surface area contributed by atoms with Crippen LogP contribution in [0, 0.1) is 0 Å². The van der Waals surface area contributed by atoms with Gasteiger partial charge in [-0.3, -0.25) is 0 Å². The zero-order valence-corrected chi connectivity index (χ0v) is 12.9. The highest BCUT2D eigenvalue weighted by molar-refractivity contribution is 5.87. The number of aromatic carboxylic acids is 1. The number of rotatable bonds is 7. The van der Waals surface area contributed by atoms with Gasteiger partial charge in [-0.2, -0.15) is 0 Å². The van der Waals surface area contributed by atoms with Crippen molar-refractivity contribution in [2.75, 3.05) is 13.6 Å². The first-order chi connectivity index (χ1) is 9.99. The van der Waals surface area contributed by atoms with Gasteiger partial charge in [-0.15, -0.1) is 0 Å². The van der Waals surface area contributed by atoms with Gasteiger partial charge in [0.25, 0.3) is 0 Å². The molecule has 0 unspecified atom stereocenters. The zero-order chi connectivity index (χ0) is 15.8. The highest BCUT2D eigenvalue weighted by Gasteiger charge is 2.15. The third kappa shape index (κ3) is 5.10. The Bertz CT molecular complexity index is 467. The zero-order valence-electron chi connectivity index (χ0n) is 12.9. The summed E-state index contributed by atoms with van der Waals surface area (Å²) in [5, 5.41) is 11.7. The van der Waals surface area contributed by atoms with Crippen molar-refractivity contribution >= 4 is 12.0 Å². The number of urea groups is 1. The predicted molar refractivity (Wildman–Crippen MR) is 82.6 cm³/mol. The van der Waals surface area contributed by atoms with Gasteiger partial charge in [-0.05, 0) is 37.0 Å². The molecule has 1 aromatic carbocycles. The lowest BCUT2D eigenvalue weighted by Gasteiger charge is -2.26. The molecule has 0 spiro atoms. The lowest BCUT2D eigenvalue weighted by molar-refractivity contribution is 0.0697. The van der Waals surface area contributed by atoms with Crippen LogP contribution in [0.4, 0.5) is 4.79 Å². The van der Waals surface area contributed by atoms with Gasteiger partial charge in [0.15, 0.2) is 0 Å². The van der Waals surface area contributed by atoms with Crippen LogP contribution in [0.25, 0.3) is 0 Å². The number of carboxylic acid groups (broad SMARTS) is 1. The molecule has 21 heavy (non-hydrogen) atoms. The minimum absolute atomic E-state index is 0.0640. The lowest BCUT2D eigenvalue weighted by atomic mass is 10.1. The van der Waals surface area contributed by atoms with Crippen LogP contribution in [0.5, 0.6) is 0 Å². The second-order valence-electron chi connectivity index (χ2n) is 5.07. The third-order valence-electron chi connectivity index (χ3n) is 3.70. The molecule has 116 valence electrons. The Morgan fingerprint density at radius 2 is 1.76 bits per heavy atom. The maximum absolute atomic E-state index is 12.0. The molecule has 0 aliphatic heterocycles. The highest BCUT2D eigenvalue weighted by atomic mass is 16.4. The van der Waals surface area contributed by atoms with Crippen molar-refractivity contribution in [1.29, 1.82) is 0 Å². The van der Waals surface area contributed by atoms with Crippen molar-refractivity contribution < 1.29 is 14.7 Å². The molecule has 0 fully saturated rings. The van der Waals surface area contributed by atoms with E-state index in [0.717, 1.165) is 18.4 Å². The van der Waals surface area contributed by atoms with E-state index in [1.165, 1.54) is 0 Å². The Morgan fingerprint density at radius 3 is 2.24 bits per heavy atom. The van der Waals surface area contributed by atoms with Crippen molar-refractivity contribution in [3.63, 3.8) is 0 Å². The van der Waals surface area contributed by atoms with E-state index in [2.05, 4.69) is 19.2 Å². The fourth-order valence-corrected chi connectivity index (χ4v) is 2.25. The maximum Gasteiger partial charge on any atom is 0.335 e. The quantitative estimate of drug-likeness (QED) is 0.812. The van der Waals surface area contributed by atoms with Crippen molar-refractivity contribution in [2.45, 2.75) is 39.2 Å². The van der Waals surface area contributed by atoms with Gasteiger partial charge in [0, 0.05) is 19.6 Å². The standard InChI is InChI=1S/C16H24N2O3/c1-4-14(5-2)18(3)16(21)17-11-10-12-6-8-13(9-7-12)15(19)20/h6-9,14H,4-5,10-11H2,1-3H3,(H,17,21)(H,19,20). The summed E-state index contributed by atoms with van der Waals surface area (Å²) in [5.74, 6) is -0.929. The van der Waals surface area contributed by atoms with E-state index in [9.17, 15) is 9.59 Å². The summed E-state index contributed by atoms with van der Waals surface area (Å²) in [6.45, 7) is 4.68. The van der Waals surface area contributed by atoms with Crippen LogP contribution in [0.15, 0.2) is 24.3 Å². The highest BCUT2D eigenvalue weighted by Crippen LogP contribution is 2.07. The van der Waals surface area contributed by atoms with Crippen molar-refractivity contribution in [2.24, 2.45) is 0 Å². The van der Waals surface area contributed by atoms with E-state index in [4.69, 9.17) is 5.11 Å². The van der Waals surface area contributed by atoms with Gasteiger partial charge in [0.05, 0.1) is 5.56 Å². The van der Waals surface area contributed by atoms with Crippen LogP contribution in [0.2, 0.25) is 0 Å². The second kappa shape index (κ2) is 8.29. The summed E-state index contributed by atoms with van der Waals surface area (Å²) in [5.41, 5.74) is 1.28. The topological polar surface area (TPSA) is 69.6 Å². The molecular formula is C16H24N2O3. The van der Waals surface area contributed by atoms with Crippen LogP contribution in [0.1, 0.15) is 42.6 Å². The average Bonchev–Trinajstić information content (AvgIpc) is 2.48. The molecule has 0 aliphatic rings. The van der Waals surface area contributed by atoms with Crippen molar-refractivity contribution in [3.05, 3.63) is 35.4 Å². The fraction of sp³-hybridized carbons (Fsp3) is 0.500. The first-order valence-corrected chi connectivity index (χ1v) is 7.32. The van der Waals surface area contributed by atoms with Gasteiger partial charge in [-0.25, -0.2) is 9.59 Å². The predicted octanol–water partition coefficient (Wildman–Crippen LogP) is 2.76. The van der Waals surface area contributed by atoms with Crippen LogP contribution in [-0.2, 0) is 6.42 Å². The van der Waals surface area contributed by atoms with Crippen molar-refractivity contribution in [1.82, 2.24) is 10.2 Å². The summed E-state index contributed by atoms with van der Waals surface area (Å²) in [4.78, 5) is 24.5. The Labute approximate surface area is 126 Å². The largest absolute Gasteiger partial charge is 0.478 e. The number of carbonyl (C=O) groups is 2. The van der Waals surface area contributed by atoms with Crippen LogP contribution >= 0.6 is 0 Å². The number of carbonyl (C=O) groups excluding carboxylic acids is 1. The maximum atomic E-state index is 12.0. The summed E-state index contributed by atoms with van der Waals surface area (Å²) < 4.78 is 0. The van der Waals surface area contributed by atoms with E-state index in [1.807, 2.05) is 7.05 Å². The Balaban J connectivity index is 2.42. The molecule has 0 bridgehead atoms. The molecule has 2 N–H and O–H groups in total. The number of hydrogen-bond donors (Lipinski definition) is 2. The van der Waals surface area contributed by atoms with E-state index in [1.54, 1.807) is 29.2 Å². The summed E-state index contributed by atoms with van der Waals surface area (Å²) in [6, 6.07) is 6.91. The average molecular weight is 292 g/mol. The molecule has 2 amide bonds. The molecule has 0 aromatic heterocycles. The van der Waals surface area contributed by atoms with Gasteiger partial charge in [0.1, 0.15) is 0 Å². The molecule has 0 radical (unpaired) electrons. The van der Waals surface area contributed by atoms with E-state index in [0.29, 0.717) is 13.0 Å². The minimum Gasteiger partial charge on any atom is -0.478 e. The first-order valence-electron chi connectivity index (χ1n) is 7.32. The number of nitrogens with one attached hydrogen (secondary N) is 1. The Hall–Kier alpha value is -2.04. The van der Waals surface area contributed by atoms with E-state index < -0.39 is 5.97 Å². The third-order valence-corrected chi connectivity index (χ3v) is 3.70. The molecule has 0 heterocycles. The molecule has 5 nitrogen and oxygen atoms in total. The van der Waals surface area contributed by atoms with Crippen LogP contribution < -0.4 is 5.32 Å². The number of hydrogen-bond acceptors (Lipinski definition) is 2. The molecular weight excluding hydrogens is 268 g/mol. The molecule has 1 rings (SSSR count). The monoisotopic (exact) mass is 292 g/mol. The van der Waals surface area contributed by atoms with Gasteiger partial charge < -0.3 is 15.3 Å². The second-order valence-corrected chi connectivity index (χ2v) is 5.07. The van der Waals surface area contributed by atoms with Gasteiger partial charge >= 0.3 is 12.0 Å². The SMILES string of the molecule is CCC(CC)N(C)C(=O)NCCc1ccc(C(=O)O)cc1. The van der Waals surface area contributed by atoms with E-state index >= 15 is 0 Å². The van der Waals surface area contributed by atoms with Gasteiger partial charge in [0.2, 0.25) is 0 Å².